The lowest BCUT2D eigenvalue weighted by Crippen LogP contribution is -2.38. The van der Waals surface area contributed by atoms with Crippen molar-refractivity contribution in [1.29, 1.82) is 0 Å². The summed E-state index contributed by atoms with van der Waals surface area (Å²) in [5.74, 6) is 1.95. The SMILES string of the molecule is COC(=O)C1CN=C(c2cc(Oc3ccc(CCC(=O)Nc4ccc(Cl)c(C(F)(F)F)c4)cc3)ccn2)N1.O=C(CCc1ccc(Oc2ccnc(C3=NCC(C(=O)O)N3)c2)cc1)Nc1ccc(Cl)c(C(F)(F)F)c1.O=C(CCc1ccc(Oc2ccnc(C3=NCC(CO)N3)c2)cc1)Nc1ccc(Cl)c(C(F)(F)F)c1. The van der Waals surface area contributed by atoms with Crippen molar-refractivity contribution in [1.82, 2.24) is 30.9 Å². The van der Waals surface area contributed by atoms with Crippen LogP contribution in [-0.2, 0) is 66.5 Å². The summed E-state index contributed by atoms with van der Waals surface area (Å²) in [6.45, 7) is 0.831. The number of aromatic nitrogens is 3. The molecule has 3 atom stereocenters. The first-order chi connectivity index (χ1) is 52.9. The normalized spacial score (nSPS) is 15.0. The fourth-order valence-corrected chi connectivity index (χ4v) is 11.3. The number of esters is 1. The number of alkyl halides is 9. The monoisotopic (exact) mass is 1600 g/mol. The summed E-state index contributed by atoms with van der Waals surface area (Å²) in [6.07, 6.45) is -7.82. The number of carbonyl (C=O) groups excluding carboxylic acids is 4. The average Bonchev–Trinajstić information content (AvgIpc) is 1.76. The lowest BCUT2D eigenvalue weighted by molar-refractivity contribution is -0.142. The van der Waals surface area contributed by atoms with Crippen LogP contribution in [0.3, 0.4) is 0 Å². The minimum Gasteiger partial charge on any atom is -0.480 e. The number of amidine groups is 3. The van der Waals surface area contributed by atoms with Gasteiger partial charge in [-0.05, 0) is 145 Å². The number of pyridine rings is 3. The molecule has 3 amide bonds. The van der Waals surface area contributed by atoms with Gasteiger partial charge in [0.2, 0.25) is 17.7 Å². The van der Waals surface area contributed by atoms with Gasteiger partial charge in [-0.15, -0.1) is 0 Å². The molecule has 8 N–H and O–H groups in total. The number of aliphatic hydroxyl groups is 1. The van der Waals surface area contributed by atoms with Crippen LogP contribution in [-0.4, -0.2) is 124 Å². The summed E-state index contributed by atoms with van der Waals surface area (Å²) in [4.78, 5) is 85.0. The van der Waals surface area contributed by atoms with Gasteiger partial charge in [0.1, 0.15) is 81.2 Å². The molecule has 0 saturated heterocycles. The topological polar surface area (TPSA) is 311 Å². The zero-order valence-electron chi connectivity index (χ0n) is 57.9. The van der Waals surface area contributed by atoms with Crippen LogP contribution in [0.1, 0.15) is 69.7 Å². The summed E-state index contributed by atoms with van der Waals surface area (Å²) < 4.78 is 139. The minimum absolute atomic E-state index is 0.0134. The minimum atomic E-state index is -4.62. The fraction of sp³-hybridized carbons (Fsp3) is 0.224. The van der Waals surface area contributed by atoms with E-state index in [1.807, 2.05) is 12.1 Å². The summed E-state index contributed by atoms with van der Waals surface area (Å²) in [5.41, 5.74) is 1.14. The summed E-state index contributed by atoms with van der Waals surface area (Å²) >= 11 is 16.8. The van der Waals surface area contributed by atoms with Gasteiger partial charge < -0.3 is 61.1 Å². The number of ether oxygens (including phenoxy) is 4. The maximum absolute atomic E-state index is 13.0. The van der Waals surface area contributed by atoms with Gasteiger partial charge in [-0.3, -0.25) is 44.3 Å². The Bertz CT molecular complexity index is 4950. The van der Waals surface area contributed by atoms with Gasteiger partial charge in [0.05, 0.1) is 71.2 Å². The molecular weight excluding hydrogens is 1530 g/mol. The number of carbonyl (C=O) groups is 5. The van der Waals surface area contributed by atoms with Crippen molar-refractivity contribution in [3.05, 3.63) is 248 Å². The van der Waals surface area contributed by atoms with E-state index in [1.165, 1.54) is 31.5 Å². The highest BCUT2D eigenvalue weighted by molar-refractivity contribution is 6.32. The number of aliphatic carboxylic acids is 1. The molecule has 0 spiro atoms. The standard InChI is InChI=1S/C26H22ClF3N4O4.C25H20ClF3N4O4.C25H22ClF3N4O3/c1-37-25(36)22-14-32-24(34-22)21-13-18(10-11-31-21)38-17-6-2-15(3-7-17)4-9-23(35)33-16-5-8-20(27)19(12-16)26(28,29)30;26-19-7-4-15(11-18(19)25(27,28)29)32-22(34)8-3-14-1-5-16(6-2-14)37-17-9-10-30-20(12-17)23-31-13-21(33-23)24(35)36;26-21-7-4-16(11-20(21)25(27,28)29)32-23(35)8-3-15-1-5-18(6-2-15)36-19-9-10-30-22(12-19)24-31-13-17(14-34)33-24/h2-3,5-8,10-13,22H,4,9,14H2,1H3,(H,32,34)(H,33,35);1-2,4-7,9-12,21H,3,8,13H2,(H,31,33)(H,32,34)(H,35,36);1-2,4-7,9-12,17,34H,3,8,13-14H2,(H,31,33)(H,32,35). The molecule has 3 unspecified atom stereocenters. The van der Waals surface area contributed by atoms with E-state index in [9.17, 15) is 68.6 Å². The molecule has 6 heterocycles. The van der Waals surface area contributed by atoms with Crippen LogP contribution in [0.5, 0.6) is 34.5 Å². The van der Waals surface area contributed by atoms with E-state index in [2.05, 4.69) is 61.8 Å². The van der Waals surface area contributed by atoms with E-state index in [0.717, 1.165) is 53.1 Å². The van der Waals surface area contributed by atoms with E-state index in [1.54, 1.807) is 109 Å². The third kappa shape index (κ3) is 23.8. The van der Waals surface area contributed by atoms with Crippen LogP contribution in [0, 0.1) is 0 Å². The Hall–Kier alpha value is -11.9. The van der Waals surface area contributed by atoms with Crippen molar-refractivity contribution in [2.75, 3.05) is 49.3 Å². The maximum Gasteiger partial charge on any atom is 0.417 e. The summed E-state index contributed by atoms with van der Waals surface area (Å²) in [5, 5.41) is 33.3. The number of carboxylic acids is 1. The molecular formula is C76H64Cl3F9N12O11. The highest BCUT2D eigenvalue weighted by Gasteiger charge is 2.36. The predicted octanol–water partition coefficient (Wildman–Crippen LogP) is 14.8. The largest absolute Gasteiger partial charge is 0.480 e. The van der Waals surface area contributed by atoms with Gasteiger partial charge in [0.15, 0.2) is 0 Å². The number of hydrogen-bond donors (Lipinski definition) is 8. The maximum atomic E-state index is 13.0. The van der Waals surface area contributed by atoms with Gasteiger partial charge >= 0.3 is 30.5 Å². The number of rotatable bonds is 24. The third-order valence-corrected chi connectivity index (χ3v) is 17.3. The summed E-state index contributed by atoms with van der Waals surface area (Å²) in [6, 6.07) is 39.5. The molecule has 12 rings (SSSR count). The van der Waals surface area contributed by atoms with Crippen molar-refractivity contribution >= 4 is 99.0 Å². The second kappa shape index (κ2) is 37.0. The molecule has 0 bridgehead atoms. The number of aliphatic hydroxyl groups excluding tert-OH is 1. The predicted molar refractivity (Wildman–Crippen MR) is 394 cm³/mol. The second-order valence-corrected chi connectivity index (χ2v) is 25.7. The Labute approximate surface area is 641 Å². The van der Waals surface area contributed by atoms with Gasteiger partial charge in [0.25, 0.3) is 0 Å². The Balaban J connectivity index is 0.000000177. The number of nitrogens with one attached hydrogen (secondary N) is 6. The van der Waals surface area contributed by atoms with Crippen LogP contribution in [0.15, 0.2) is 197 Å². The van der Waals surface area contributed by atoms with Crippen molar-refractivity contribution < 1.29 is 92.6 Å². The van der Waals surface area contributed by atoms with Gasteiger partial charge in [0, 0.05) is 73.1 Å². The molecule has 3 aliphatic rings. The second-order valence-electron chi connectivity index (χ2n) is 24.4. The first-order valence-electron chi connectivity index (χ1n) is 33.5. The molecule has 111 heavy (non-hydrogen) atoms. The highest BCUT2D eigenvalue weighted by Crippen LogP contribution is 2.39. The molecule has 0 saturated carbocycles. The zero-order chi connectivity index (χ0) is 79.6. The van der Waals surface area contributed by atoms with E-state index in [4.69, 9.17) is 58.9 Å². The van der Waals surface area contributed by atoms with E-state index >= 15 is 0 Å². The molecule has 9 aromatic rings. The van der Waals surface area contributed by atoms with Crippen LogP contribution in [0.4, 0.5) is 56.6 Å². The van der Waals surface area contributed by atoms with Crippen LogP contribution in [0.2, 0.25) is 15.1 Å². The number of methoxy groups -OCH3 is 1. The zero-order valence-corrected chi connectivity index (χ0v) is 60.2. The molecule has 0 fully saturated rings. The number of halogens is 12. The van der Waals surface area contributed by atoms with Crippen LogP contribution >= 0.6 is 34.8 Å². The number of benzene rings is 6. The van der Waals surface area contributed by atoms with Gasteiger partial charge in [-0.25, -0.2) is 9.59 Å². The smallest absolute Gasteiger partial charge is 0.417 e. The van der Waals surface area contributed by atoms with Crippen LogP contribution in [0.25, 0.3) is 0 Å². The number of anilines is 3. The van der Waals surface area contributed by atoms with Crippen molar-refractivity contribution in [2.24, 2.45) is 15.0 Å². The molecule has 6 aromatic carbocycles. The highest BCUT2D eigenvalue weighted by atomic mass is 35.5. The quantitative estimate of drug-likeness (QED) is 0.0206. The Morgan fingerprint density at radius 3 is 1.05 bits per heavy atom. The van der Waals surface area contributed by atoms with E-state index in [0.29, 0.717) is 94.9 Å². The fourth-order valence-electron chi connectivity index (χ4n) is 10.6. The number of carboxylic acid groups (broad SMARTS) is 1. The Morgan fingerprint density at radius 1 is 0.432 bits per heavy atom. The summed E-state index contributed by atoms with van der Waals surface area (Å²) in [7, 11) is 1.31. The van der Waals surface area contributed by atoms with E-state index < -0.39 is 92.0 Å². The molecule has 0 aliphatic carbocycles. The molecule has 578 valence electrons. The third-order valence-electron chi connectivity index (χ3n) is 16.3. The Morgan fingerprint density at radius 2 is 0.748 bits per heavy atom. The molecule has 3 aromatic heterocycles. The van der Waals surface area contributed by atoms with E-state index in [-0.39, 0.29) is 62.1 Å². The van der Waals surface area contributed by atoms with Crippen molar-refractivity contribution in [3.8, 4) is 34.5 Å². The van der Waals surface area contributed by atoms with Crippen LogP contribution < -0.4 is 46.1 Å². The lowest BCUT2D eigenvalue weighted by atomic mass is 10.1. The number of aryl methyl sites for hydroxylation is 3. The molecule has 3 aliphatic heterocycles. The average molecular weight is 1600 g/mol. The number of nitrogens with zero attached hydrogens (tertiary/aromatic N) is 6. The lowest BCUT2D eigenvalue weighted by Gasteiger charge is -2.12. The molecule has 35 heteroatoms. The number of aliphatic imine (C=N–C) groups is 3. The molecule has 0 radical (unpaired) electrons. The first-order valence-corrected chi connectivity index (χ1v) is 34.6. The van der Waals surface area contributed by atoms with Crippen molar-refractivity contribution in [2.45, 2.75) is 75.2 Å². The Kier molecular flexibility index (Phi) is 27.2. The first kappa shape index (κ1) is 81.6. The van der Waals surface area contributed by atoms with Gasteiger partial charge in [-0.1, -0.05) is 71.2 Å². The van der Waals surface area contributed by atoms with Crippen molar-refractivity contribution in [3.63, 3.8) is 0 Å². The number of hydrogen-bond acceptors (Lipinski definition) is 19. The molecule has 23 nitrogen and oxygen atoms in total. The number of amides is 3. The van der Waals surface area contributed by atoms with Gasteiger partial charge in [-0.2, -0.15) is 39.5 Å².